The highest BCUT2D eigenvalue weighted by atomic mass is 35.6. The fourth-order valence-corrected chi connectivity index (χ4v) is 4.07. The Kier molecular flexibility index (Phi) is 9.24. The number of hydrogen-bond acceptors (Lipinski definition) is 6. The molecule has 0 spiro atoms. The molecule has 1 aromatic heterocycles. The van der Waals surface area contributed by atoms with Crippen LogP contribution in [0, 0.1) is 0 Å². The lowest BCUT2D eigenvalue weighted by atomic mass is 10.1. The molecular weight excluding hydrogens is 589 g/mol. The number of ether oxygens (including phenoxy) is 1. The van der Waals surface area contributed by atoms with Crippen LogP contribution < -0.4 is 9.64 Å². The molecule has 36 heavy (non-hydrogen) atoms. The van der Waals surface area contributed by atoms with E-state index in [0.29, 0.717) is 29.0 Å². The van der Waals surface area contributed by atoms with Gasteiger partial charge in [0.15, 0.2) is 17.5 Å². The number of benzene rings is 2. The third-order valence-corrected chi connectivity index (χ3v) is 5.99. The summed E-state index contributed by atoms with van der Waals surface area (Å²) in [6, 6.07) is 14.3. The molecule has 12 heteroatoms. The number of carbonyl (C=O) groups excluding carboxylic acids is 1. The summed E-state index contributed by atoms with van der Waals surface area (Å²) in [5.41, 5.74) is 1.95. The maximum Gasteiger partial charge on any atom is 0.343 e. The number of alkyl halides is 6. The molecule has 0 bridgehead atoms. The van der Waals surface area contributed by atoms with Gasteiger partial charge >= 0.3 is 5.97 Å². The largest absolute Gasteiger partial charge is 0.423 e. The Morgan fingerprint density at radius 2 is 1.22 bits per heavy atom. The van der Waals surface area contributed by atoms with Crippen LogP contribution in [0.25, 0.3) is 11.4 Å². The minimum Gasteiger partial charge on any atom is -0.423 e. The number of anilines is 1. The Morgan fingerprint density at radius 3 is 1.64 bits per heavy atom. The summed E-state index contributed by atoms with van der Waals surface area (Å²) in [5.74, 6) is -0.471. The molecule has 1 heterocycles. The van der Waals surface area contributed by atoms with Crippen LogP contribution in [0.1, 0.15) is 49.7 Å². The number of carbonyl (C=O) groups is 1. The zero-order valence-electron chi connectivity index (χ0n) is 19.6. The minimum absolute atomic E-state index is 0.112. The molecule has 6 nitrogen and oxygen atoms in total. The van der Waals surface area contributed by atoms with E-state index in [1.54, 1.807) is 36.4 Å². The highest BCUT2D eigenvalue weighted by Crippen LogP contribution is 2.40. The number of nitrogens with zero attached hydrogens (tertiary/aromatic N) is 4. The fraction of sp³-hybridized carbons (Fsp3) is 0.333. The number of rotatable bonds is 6. The zero-order chi connectivity index (χ0) is 26.8. The van der Waals surface area contributed by atoms with E-state index in [1.165, 1.54) is 0 Å². The van der Waals surface area contributed by atoms with Crippen molar-refractivity contribution in [1.82, 2.24) is 15.0 Å². The van der Waals surface area contributed by atoms with E-state index < -0.39 is 13.6 Å². The molecular formula is C24H22Cl6N4O2. The minimum atomic E-state index is -1.96. The first kappa shape index (κ1) is 29.0. The van der Waals surface area contributed by atoms with Crippen molar-refractivity contribution in [2.45, 2.75) is 47.4 Å². The Morgan fingerprint density at radius 1 is 0.750 bits per heavy atom. The van der Waals surface area contributed by atoms with Crippen LogP contribution in [0.3, 0.4) is 0 Å². The summed E-state index contributed by atoms with van der Waals surface area (Å²) in [6.45, 7) is 8.50. The van der Waals surface area contributed by atoms with Gasteiger partial charge in [-0.3, -0.25) is 0 Å². The highest BCUT2D eigenvalue weighted by Gasteiger charge is 2.34. The predicted molar refractivity (Wildman–Crippen MR) is 148 cm³/mol. The van der Waals surface area contributed by atoms with Gasteiger partial charge in [0.1, 0.15) is 5.75 Å². The number of hydrogen-bond donors (Lipinski definition) is 0. The lowest BCUT2D eigenvalue weighted by molar-refractivity contribution is 0.0735. The van der Waals surface area contributed by atoms with Crippen LogP contribution in [-0.2, 0) is 7.59 Å². The van der Waals surface area contributed by atoms with Gasteiger partial charge in [-0.1, -0.05) is 69.6 Å². The van der Waals surface area contributed by atoms with Gasteiger partial charge in [-0.15, -0.1) is 0 Å². The molecule has 0 aliphatic carbocycles. The SMILES string of the molecule is CC(C)N(c1ccc(C(=O)Oc2ccc(-c3nc(C(Cl)(Cl)Cl)nc(C(Cl)(Cl)Cl)n3)cc2)cc1)C(C)C. The Labute approximate surface area is 239 Å². The van der Waals surface area contributed by atoms with Crippen molar-refractivity contribution in [2.24, 2.45) is 0 Å². The number of aromatic nitrogens is 3. The number of halogens is 6. The second-order valence-electron chi connectivity index (χ2n) is 8.36. The molecule has 0 atom stereocenters. The van der Waals surface area contributed by atoms with Gasteiger partial charge in [0, 0.05) is 23.3 Å². The maximum absolute atomic E-state index is 12.7. The predicted octanol–water partition coefficient (Wildman–Crippen LogP) is 8.03. The summed E-state index contributed by atoms with van der Waals surface area (Å²) in [7, 11) is 0. The van der Waals surface area contributed by atoms with Crippen LogP contribution in [0.2, 0.25) is 0 Å². The lowest BCUT2D eigenvalue weighted by Gasteiger charge is -2.33. The van der Waals surface area contributed by atoms with E-state index in [-0.39, 0.29) is 17.5 Å². The van der Waals surface area contributed by atoms with Crippen molar-refractivity contribution in [3.63, 3.8) is 0 Å². The molecule has 0 amide bonds. The van der Waals surface area contributed by atoms with Crippen LogP contribution >= 0.6 is 69.6 Å². The summed E-state index contributed by atoms with van der Waals surface area (Å²) < 4.78 is 1.58. The van der Waals surface area contributed by atoms with Gasteiger partial charge in [0.05, 0.1) is 5.56 Å². The summed E-state index contributed by atoms with van der Waals surface area (Å²) >= 11 is 35.6. The summed E-state index contributed by atoms with van der Waals surface area (Å²) in [4.78, 5) is 27.2. The second-order valence-corrected chi connectivity index (χ2v) is 12.9. The van der Waals surface area contributed by atoms with E-state index in [2.05, 4.69) is 47.5 Å². The molecule has 192 valence electrons. The Hall–Kier alpha value is -1.54. The topological polar surface area (TPSA) is 68.2 Å². The van der Waals surface area contributed by atoms with Crippen molar-refractivity contribution >= 4 is 81.3 Å². The van der Waals surface area contributed by atoms with E-state index in [0.717, 1.165) is 5.69 Å². The van der Waals surface area contributed by atoms with Crippen molar-refractivity contribution < 1.29 is 9.53 Å². The maximum atomic E-state index is 12.7. The molecule has 0 saturated carbocycles. The van der Waals surface area contributed by atoms with Gasteiger partial charge in [0.2, 0.25) is 7.59 Å². The quantitative estimate of drug-likeness (QED) is 0.160. The molecule has 0 unspecified atom stereocenters. The first-order chi connectivity index (χ1) is 16.7. The third-order valence-electron chi connectivity index (χ3n) is 4.98. The molecule has 0 aliphatic heterocycles. The standard InChI is InChI=1S/C24H22Cl6N4O2/c1-13(2)34(14(3)4)17-9-5-16(6-10-17)20(35)36-18-11-7-15(8-12-18)19-31-21(23(25,26)27)33-22(32-19)24(28,29)30/h5-14H,1-4H3. The van der Waals surface area contributed by atoms with Gasteiger partial charge in [-0.25, -0.2) is 19.7 Å². The van der Waals surface area contributed by atoms with E-state index in [1.807, 2.05) is 12.1 Å². The smallest absolute Gasteiger partial charge is 0.343 e. The molecule has 0 aliphatic rings. The van der Waals surface area contributed by atoms with Crippen LogP contribution in [0.15, 0.2) is 48.5 Å². The molecule has 0 radical (unpaired) electrons. The summed E-state index contributed by atoms with van der Waals surface area (Å²) in [6.07, 6.45) is 0. The van der Waals surface area contributed by atoms with Crippen molar-refractivity contribution in [1.29, 1.82) is 0 Å². The van der Waals surface area contributed by atoms with Gasteiger partial charge in [-0.05, 0) is 76.2 Å². The molecule has 0 saturated heterocycles. The van der Waals surface area contributed by atoms with Crippen LogP contribution in [0.5, 0.6) is 5.75 Å². The van der Waals surface area contributed by atoms with E-state index in [9.17, 15) is 4.79 Å². The first-order valence-electron chi connectivity index (χ1n) is 10.8. The molecule has 3 rings (SSSR count). The van der Waals surface area contributed by atoms with Gasteiger partial charge < -0.3 is 9.64 Å². The normalized spacial score (nSPS) is 12.2. The number of esters is 1. The Bertz CT molecular complexity index is 1170. The zero-order valence-corrected chi connectivity index (χ0v) is 24.2. The van der Waals surface area contributed by atoms with Crippen molar-refractivity contribution in [3.05, 3.63) is 65.7 Å². The van der Waals surface area contributed by atoms with Gasteiger partial charge in [-0.2, -0.15) is 0 Å². The Balaban J connectivity index is 1.80. The monoisotopic (exact) mass is 608 g/mol. The van der Waals surface area contributed by atoms with Crippen LogP contribution in [-0.4, -0.2) is 33.0 Å². The van der Waals surface area contributed by atoms with Crippen molar-refractivity contribution in [2.75, 3.05) is 4.90 Å². The van der Waals surface area contributed by atoms with Crippen LogP contribution in [0.4, 0.5) is 5.69 Å². The average molecular weight is 611 g/mol. The summed E-state index contributed by atoms with van der Waals surface area (Å²) in [5, 5.41) is 0. The van der Waals surface area contributed by atoms with E-state index >= 15 is 0 Å². The average Bonchev–Trinajstić information content (AvgIpc) is 2.78. The molecule has 0 N–H and O–H groups in total. The first-order valence-corrected chi connectivity index (χ1v) is 13.0. The highest BCUT2D eigenvalue weighted by molar-refractivity contribution is 6.67. The molecule has 0 fully saturated rings. The van der Waals surface area contributed by atoms with Crippen molar-refractivity contribution in [3.8, 4) is 17.1 Å². The second kappa shape index (κ2) is 11.5. The fourth-order valence-electron chi connectivity index (χ4n) is 3.56. The van der Waals surface area contributed by atoms with E-state index in [4.69, 9.17) is 74.3 Å². The third kappa shape index (κ3) is 7.27. The lowest BCUT2D eigenvalue weighted by Crippen LogP contribution is -2.36. The molecule has 2 aromatic carbocycles. The van der Waals surface area contributed by atoms with Gasteiger partial charge in [0.25, 0.3) is 0 Å². The molecule has 3 aromatic rings.